The third-order valence-corrected chi connectivity index (χ3v) is 2.55. The average molecular weight is 211 g/mol. The second kappa shape index (κ2) is 3.34. The van der Waals surface area contributed by atoms with Gasteiger partial charge in [0.2, 0.25) is 0 Å². The van der Waals surface area contributed by atoms with E-state index in [4.69, 9.17) is 0 Å². The number of rotatable bonds is 2. The summed E-state index contributed by atoms with van der Waals surface area (Å²) in [5.74, 6) is 0. The third-order valence-electron chi connectivity index (χ3n) is 2.55. The van der Waals surface area contributed by atoms with Crippen LogP contribution in [0.4, 0.5) is 0 Å². The molecule has 0 bridgehead atoms. The zero-order chi connectivity index (χ0) is 11.0. The highest BCUT2D eigenvalue weighted by molar-refractivity contribution is 5.84. The predicted octanol–water partition coefficient (Wildman–Crippen LogP) is 2.14. The summed E-state index contributed by atoms with van der Waals surface area (Å²) in [5.41, 5.74) is 3.48. The Kier molecular flexibility index (Phi) is 1.86. The number of aromatic amines is 1. The highest BCUT2D eigenvalue weighted by Gasteiger charge is 2.07. The summed E-state index contributed by atoms with van der Waals surface area (Å²) in [4.78, 5) is 18.1. The van der Waals surface area contributed by atoms with Crippen molar-refractivity contribution in [2.45, 2.75) is 0 Å². The number of aldehydes is 1. The predicted molar refractivity (Wildman–Crippen MR) is 60.4 cm³/mol. The van der Waals surface area contributed by atoms with Crippen molar-refractivity contribution in [2.75, 3.05) is 0 Å². The lowest BCUT2D eigenvalue weighted by Crippen LogP contribution is -1.88. The third kappa shape index (κ3) is 1.24. The first-order valence-electron chi connectivity index (χ1n) is 4.93. The zero-order valence-corrected chi connectivity index (χ0v) is 8.42. The molecule has 78 valence electrons. The van der Waals surface area contributed by atoms with Crippen LogP contribution < -0.4 is 0 Å². The van der Waals surface area contributed by atoms with E-state index in [0.717, 1.165) is 23.1 Å². The number of carbonyl (C=O) groups is 1. The summed E-state index contributed by atoms with van der Waals surface area (Å²) in [7, 11) is 0. The van der Waals surface area contributed by atoms with Crippen molar-refractivity contribution in [3.8, 4) is 11.3 Å². The van der Waals surface area contributed by atoms with Gasteiger partial charge in [-0.25, -0.2) is 0 Å². The van der Waals surface area contributed by atoms with Crippen molar-refractivity contribution in [3.05, 3.63) is 48.7 Å². The van der Waals surface area contributed by atoms with Gasteiger partial charge in [-0.2, -0.15) is 0 Å². The van der Waals surface area contributed by atoms with Crippen LogP contribution in [0.1, 0.15) is 10.4 Å². The van der Waals surface area contributed by atoms with Crippen LogP contribution in [0.5, 0.6) is 0 Å². The molecule has 3 rings (SSSR count). The van der Waals surface area contributed by atoms with Crippen molar-refractivity contribution in [2.24, 2.45) is 0 Å². The van der Waals surface area contributed by atoms with E-state index >= 15 is 0 Å². The maximum Gasteiger partial charge on any atom is 0.151 e. The molecule has 0 aliphatic rings. The van der Waals surface area contributed by atoms with Gasteiger partial charge in [0, 0.05) is 42.1 Å². The molecule has 0 aromatic carbocycles. The minimum Gasteiger partial charge on any atom is -0.367 e. The number of carbonyl (C=O) groups excluding carboxylic acids is 1. The smallest absolute Gasteiger partial charge is 0.151 e. The van der Waals surface area contributed by atoms with Crippen molar-refractivity contribution in [1.29, 1.82) is 0 Å². The molecule has 3 aromatic heterocycles. The molecule has 0 spiro atoms. The molecule has 0 atom stereocenters. The molecular weight excluding hydrogens is 202 g/mol. The van der Waals surface area contributed by atoms with Crippen LogP contribution in [-0.4, -0.2) is 20.7 Å². The molecule has 16 heavy (non-hydrogen) atoms. The SMILES string of the molecule is O=Cc1cc2c(-c3cc[nH]c3)nccn2c1. The largest absolute Gasteiger partial charge is 0.367 e. The van der Waals surface area contributed by atoms with E-state index in [9.17, 15) is 4.79 Å². The van der Waals surface area contributed by atoms with Gasteiger partial charge in [-0.15, -0.1) is 0 Å². The fraction of sp³-hybridized carbons (Fsp3) is 0. The number of nitrogens with one attached hydrogen (secondary N) is 1. The Morgan fingerprint density at radius 2 is 2.38 bits per heavy atom. The normalized spacial score (nSPS) is 10.8. The Balaban J connectivity index is 2.32. The second-order valence-electron chi connectivity index (χ2n) is 3.56. The zero-order valence-electron chi connectivity index (χ0n) is 8.42. The first-order valence-corrected chi connectivity index (χ1v) is 4.93. The summed E-state index contributed by atoms with van der Waals surface area (Å²) in [6.07, 6.45) is 9.93. The average Bonchev–Trinajstić information content (AvgIpc) is 2.97. The molecule has 0 saturated carbocycles. The Hall–Kier alpha value is -2.36. The topological polar surface area (TPSA) is 50.2 Å². The van der Waals surface area contributed by atoms with Crippen molar-refractivity contribution >= 4 is 11.8 Å². The monoisotopic (exact) mass is 211 g/mol. The molecule has 1 N–H and O–H groups in total. The number of hydrogen-bond acceptors (Lipinski definition) is 2. The fourth-order valence-corrected chi connectivity index (χ4v) is 1.82. The van der Waals surface area contributed by atoms with Crippen LogP contribution in [0.25, 0.3) is 16.8 Å². The number of nitrogens with zero attached hydrogens (tertiary/aromatic N) is 2. The molecule has 0 saturated heterocycles. The Bertz CT molecular complexity index is 637. The molecular formula is C12H9N3O. The molecule has 4 nitrogen and oxygen atoms in total. The van der Waals surface area contributed by atoms with E-state index in [0.29, 0.717) is 5.56 Å². The minimum atomic E-state index is 0.657. The molecule has 0 radical (unpaired) electrons. The van der Waals surface area contributed by atoms with Gasteiger partial charge in [-0.3, -0.25) is 9.78 Å². The van der Waals surface area contributed by atoms with Crippen LogP contribution in [0.2, 0.25) is 0 Å². The highest BCUT2D eigenvalue weighted by Crippen LogP contribution is 2.22. The molecule has 3 heterocycles. The lowest BCUT2D eigenvalue weighted by molar-refractivity contribution is 0.112. The van der Waals surface area contributed by atoms with E-state index in [-0.39, 0.29) is 0 Å². The molecule has 0 aliphatic heterocycles. The van der Waals surface area contributed by atoms with Crippen molar-refractivity contribution < 1.29 is 4.79 Å². The number of H-pyrrole nitrogens is 1. The number of fused-ring (bicyclic) bond motifs is 1. The molecule has 0 aliphatic carbocycles. The number of aromatic nitrogens is 3. The van der Waals surface area contributed by atoms with E-state index in [1.165, 1.54) is 0 Å². The van der Waals surface area contributed by atoms with Crippen LogP contribution in [0.15, 0.2) is 43.1 Å². The molecule has 4 heteroatoms. The first kappa shape index (κ1) is 8.91. The Morgan fingerprint density at radius 3 is 3.12 bits per heavy atom. The van der Waals surface area contributed by atoms with Gasteiger partial charge in [0.05, 0.1) is 11.2 Å². The second-order valence-corrected chi connectivity index (χ2v) is 3.56. The summed E-state index contributed by atoms with van der Waals surface area (Å²) < 4.78 is 1.90. The summed E-state index contributed by atoms with van der Waals surface area (Å²) in [6, 6.07) is 3.79. The quantitative estimate of drug-likeness (QED) is 0.660. The van der Waals surface area contributed by atoms with E-state index in [2.05, 4.69) is 9.97 Å². The van der Waals surface area contributed by atoms with E-state index in [1.54, 1.807) is 12.4 Å². The van der Waals surface area contributed by atoms with Gasteiger partial charge >= 0.3 is 0 Å². The van der Waals surface area contributed by atoms with Gasteiger partial charge in [-0.05, 0) is 12.1 Å². The Morgan fingerprint density at radius 1 is 1.44 bits per heavy atom. The van der Waals surface area contributed by atoms with E-state index < -0.39 is 0 Å². The summed E-state index contributed by atoms with van der Waals surface area (Å²) in [5, 5.41) is 0. The van der Waals surface area contributed by atoms with Crippen molar-refractivity contribution in [1.82, 2.24) is 14.4 Å². The maximum absolute atomic E-state index is 10.7. The van der Waals surface area contributed by atoms with Crippen LogP contribution in [0, 0.1) is 0 Å². The summed E-state index contributed by atoms with van der Waals surface area (Å²) in [6.45, 7) is 0. The van der Waals surface area contributed by atoms with Crippen LogP contribution >= 0.6 is 0 Å². The lowest BCUT2D eigenvalue weighted by atomic mass is 10.2. The lowest BCUT2D eigenvalue weighted by Gasteiger charge is -2.00. The Labute approximate surface area is 91.6 Å². The van der Waals surface area contributed by atoms with Gasteiger partial charge in [0.25, 0.3) is 0 Å². The summed E-state index contributed by atoms with van der Waals surface area (Å²) >= 11 is 0. The van der Waals surface area contributed by atoms with E-state index in [1.807, 2.05) is 35.1 Å². The van der Waals surface area contributed by atoms with Gasteiger partial charge < -0.3 is 9.38 Å². The fourth-order valence-electron chi connectivity index (χ4n) is 1.82. The standard InChI is InChI=1S/C12H9N3O/c16-8-9-5-11-12(10-1-2-13-6-10)14-3-4-15(11)7-9/h1-8,13H. The first-order chi connectivity index (χ1) is 7.88. The molecule has 0 amide bonds. The van der Waals surface area contributed by atoms with Gasteiger partial charge in [-0.1, -0.05) is 0 Å². The van der Waals surface area contributed by atoms with Gasteiger partial charge in [0.1, 0.15) is 0 Å². The van der Waals surface area contributed by atoms with Crippen LogP contribution in [-0.2, 0) is 0 Å². The maximum atomic E-state index is 10.7. The molecule has 0 unspecified atom stereocenters. The minimum absolute atomic E-state index is 0.657. The highest BCUT2D eigenvalue weighted by atomic mass is 16.1. The number of hydrogen-bond donors (Lipinski definition) is 1. The van der Waals surface area contributed by atoms with Gasteiger partial charge in [0.15, 0.2) is 6.29 Å². The van der Waals surface area contributed by atoms with Crippen LogP contribution in [0.3, 0.4) is 0 Å². The molecule has 0 fully saturated rings. The molecule has 3 aromatic rings. The van der Waals surface area contributed by atoms with Crippen molar-refractivity contribution in [3.63, 3.8) is 0 Å².